The first kappa shape index (κ1) is 21.5. The number of aryl methyl sites for hydroxylation is 1. The van der Waals surface area contributed by atoms with E-state index in [1.165, 1.54) is 31.0 Å². The van der Waals surface area contributed by atoms with Crippen molar-refractivity contribution in [3.05, 3.63) is 58.9 Å². The fourth-order valence-electron chi connectivity index (χ4n) is 3.71. The number of fused-ring (bicyclic) bond motifs is 1. The summed E-state index contributed by atoms with van der Waals surface area (Å²) in [4.78, 5) is 12.5. The Kier molecular flexibility index (Phi) is 6.11. The zero-order valence-electron chi connectivity index (χ0n) is 17.1. The number of nitrogens with zero attached hydrogens (tertiary/aromatic N) is 3. The van der Waals surface area contributed by atoms with E-state index >= 15 is 0 Å². The third-order valence-electron chi connectivity index (χ3n) is 5.35. The number of carbonyl (C=O) groups is 1. The van der Waals surface area contributed by atoms with E-state index < -0.39 is 15.7 Å². The predicted octanol–water partition coefficient (Wildman–Crippen LogP) is 4.37. The zero-order chi connectivity index (χ0) is 22.0. The standard InChI is InChI=1S/C22H23ClN4O3S/c1-31(29,30)19-14-16(9-12-18(19)23)22(28)24-17-10-7-15(8-11-17)21-26-25-20-6-4-2-3-5-13-27(20)21/h7-12,14H,2-6,13H2,1H3,(H,24,28). The van der Waals surface area contributed by atoms with Crippen molar-refractivity contribution in [2.24, 2.45) is 0 Å². The first-order valence-corrected chi connectivity index (χ1v) is 12.4. The normalized spacial score (nSPS) is 14.4. The van der Waals surface area contributed by atoms with Crippen molar-refractivity contribution in [3.63, 3.8) is 0 Å². The largest absolute Gasteiger partial charge is 0.322 e. The number of amides is 1. The molecule has 31 heavy (non-hydrogen) atoms. The molecule has 2 heterocycles. The number of rotatable bonds is 4. The Morgan fingerprint density at radius 3 is 2.52 bits per heavy atom. The third kappa shape index (κ3) is 4.80. The van der Waals surface area contributed by atoms with Crippen molar-refractivity contribution in [1.29, 1.82) is 0 Å². The summed E-state index contributed by atoms with van der Waals surface area (Å²) in [5.74, 6) is 1.45. The van der Waals surface area contributed by atoms with Gasteiger partial charge in [-0.2, -0.15) is 0 Å². The molecule has 1 amide bonds. The molecule has 7 nitrogen and oxygen atoms in total. The van der Waals surface area contributed by atoms with Crippen molar-refractivity contribution < 1.29 is 13.2 Å². The molecule has 2 aromatic carbocycles. The van der Waals surface area contributed by atoms with Crippen LogP contribution in [0.2, 0.25) is 5.02 Å². The Balaban J connectivity index is 1.53. The van der Waals surface area contributed by atoms with Gasteiger partial charge >= 0.3 is 0 Å². The van der Waals surface area contributed by atoms with Crippen molar-refractivity contribution in [3.8, 4) is 11.4 Å². The average Bonchev–Trinajstić information content (AvgIpc) is 3.09. The first-order chi connectivity index (χ1) is 14.8. The lowest BCUT2D eigenvalue weighted by Gasteiger charge is -2.13. The summed E-state index contributed by atoms with van der Waals surface area (Å²) in [7, 11) is -3.53. The zero-order valence-corrected chi connectivity index (χ0v) is 18.7. The van der Waals surface area contributed by atoms with Gasteiger partial charge in [0.1, 0.15) is 5.82 Å². The molecular formula is C22H23ClN4O3S. The van der Waals surface area contributed by atoms with E-state index in [2.05, 4.69) is 20.1 Å². The summed E-state index contributed by atoms with van der Waals surface area (Å²) in [6.45, 7) is 0.912. The van der Waals surface area contributed by atoms with Gasteiger partial charge in [-0.3, -0.25) is 4.79 Å². The minimum atomic E-state index is -3.53. The topological polar surface area (TPSA) is 93.9 Å². The number of carbonyl (C=O) groups excluding carboxylic acids is 1. The lowest BCUT2D eigenvalue weighted by molar-refractivity contribution is 0.102. The van der Waals surface area contributed by atoms with Gasteiger partial charge in [-0.05, 0) is 55.3 Å². The fraction of sp³-hybridized carbons (Fsp3) is 0.318. The first-order valence-electron chi connectivity index (χ1n) is 10.2. The van der Waals surface area contributed by atoms with Gasteiger partial charge in [0.15, 0.2) is 15.7 Å². The molecule has 0 saturated heterocycles. The number of anilines is 1. The predicted molar refractivity (Wildman–Crippen MR) is 120 cm³/mol. The van der Waals surface area contributed by atoms with Crippen LogP contribution in [-0.2, 0) is 22.8 Å². The van der Waals surface area contributed by atoms with Gasteiger partial charge in [0, 0.05) is 36.0 Å². The van der Waals surface area contributed by atoms with E-state index in [0.717, 1.165) is 49.3 Å². The third-order valence-corrected chi connectivity index (χ3v) is 6.93. The second-order valence-electron chi connectivity index (χ2n) is 7.70. The van der Waals surface area contributed by atoms with Crippen molar-refractivity contribution in [1.82, 2.24) is 14.8 Å². The molecule has 0 radical (unpaired) electrons. The molecule has 4 rings (SSSR count). The van der Waals surface area contributed by atoms with Crippen LogP contribution in [0.15, 0.2) is 47.4 Å². The fourth-order valence-corrected chi connectivity index (χ4v) is 5.01. The van der Waals surface area contributed by atoms with E-state index in [0.29, 0.717) is 5.69 Å². The molecule has 0 spiro atoms. The highest BCUT2D eigenvalue weighted by Gasteiger charge is 2.17. The van der Waals surface area contributed by atoms with Gasteiger partial charge in [0.25, 0.3) is 5.91 Å². The summed E-state index contributed by atoms with van der Waals surface area (Å²) in [5, 5.41) is 11.6. The van der Waals surface area contributed by atoms with Crippen LogP contribution >= 0.6 is 11.6 Å². The van der Waals surface area contributed by atoms with Crippen LogP contribution in [0, 0.1) is 0 Å². The number of nitrogens with one attached hydrogen (secondary N) is 1. The van der Waals surface area contributed by atoms with Gasteiger partial charge in [0.2, 0.25) is 0 Å². The summed E-state index contributed by atoms with van der Waals surface area (Å²) in [6.07, 6.45) is 6.69. The highest BCUT2D eigenvalue weighted by molar-refractivity contribution is 7.90. The van der Waals surface area contributed by atoms with Crippen molar-refractivity contribution in [2.75, 3.05) is 11.6 Å². The summed E-state index contributed by atoms with van der Waals surface area (Å²) in [5.41, 5.74) is 1.74. The molecule has 0 bridgehead atoms. The van der Waals surface area contributed by atoms with E-state index in [1.807, 2.05) is 12.1 Å². The van der Waals surface area contributed by atoms with Crippen LogP contribution < -0.4 is 5.32 Å². The molecule has 0 aliphatic carbocycles. The SMILES string of the molecule is CS(=O)(=O)c1cc(C(=O)Nc2ccc(-c3nnc4n3CCCCCC4)cc2)ccc1Cl. The lowest BCUT2D eigenvalue weighted by atomic mass is 10.1. The maximum atomic E-state index is 12.6. The molecule has 0 fully saturated rings. The summed E-state index contributed by atoms with van der Waals surface area (Å²) < 4.78 is 25.9. The Bertz CT molecular complexity index is 1220. The van der Waals surface area contributed by atoms with Crippen LogP contribution in [-0.4, -0.2) is 35.3 Å². The number of aromatic nitrogens is 3. The second-order valence-corrected chi connectivity index (χ2v) is 10.1. The molecule has 162 valence electrons. The van der Waals surface area contributed by atoms with Crippen LogP contribution in [0.4, 0.5) is 5.69 Å². The molecule has 3 aromatic rings. The molecule has 1 N–H and O–H groups in total. The van der Waals surface area contributed by atoms with E-state index in [-0.39, 0.29) is 15.5 Å². The van der Waals surface area contributed by atoms with Crippen molar-refractivity contribution in [2.45, 2.75) is 43.5 Å². The Morgan fingerprint density at radius 2 is 1.77 bits per heavy atom. The van der Waals surface area contributed by atoms with E-state index in [1.54, 1.807) is 12.1 Å². The quantitative estimate of drug-likeness (QED) is 0.626. The summed E-state index contributed by atoms with van der Waals surface area (Å²) in [6, 6.07) is 11.6. The van der Waals surface area contributed by atoms with Crippen LogP contribution in [0.25, 0.3) is 11.4 Å². The molecule has 0 unspecified atom stereocenters. The number of halogens is 1. The summed E-state index contributed by atoms with van der Waals surface area (Å²) >= 11 is 5.96. The van der Waals surface area contributed by atoms with Crippen LogP contribution in [0.3, 0.4) is 0 Å². The monoisotopic (exact) mass is 458 g/mol. The lowest BCUT2D eigenvalue weighted by Crippen LogP contribution is -2.13. The highest BCUT2D eigenvalue weighted by atomic mass is 35.5. The highest BCUT2D eigenvalue weighted by Crippen LogP contribution is 2.25. The molecule has 1 aromatic heterocycles. The molecule has 1 aliphatic rings. The molecule has 9 heteroatoms. The smallest absolute Gasteiger partial charge is 0.255 e. The van der Waals surface area contributed by atoms with Gasteiger partial charge in [-0.1, -0.05) is 24.4 Å². The Labute approximate surface area is 186 Å². The van der Waals surface area contributed by atoms with E-state index in [4.69, 9.17) is 11.6 Å². The van der Waals surface area contributed by atoms with Crippen LogP contribution in [0.1, 0.15) is 41.9 Å². The molecule has 1 aliphatic heterocycles. The van der Waals surface area contributed by atoms with Gasteiger partial charge in [-0.15, -0.1) is 10.2 Å². The maximum absolute atomic E-state index is 12.6. The molecule has 0 saturated carbocycles. The Hall–Kier alpha value is -2.71. The van der Waals surface area contributed by atoms with E-state index in [9.17, 15) is 13.2 Å². The van der Waals surface area contributed by atoms with Gasteiger partial charge in [-0.25, -0.2) is 8.42 Å². The Morgan fingerprint density at radius 1 is 1.03 bits per heavy atom. The van der Waals surface area contributed by atoms with Crippen LogP contribution in [0.5, 0.6) is 0 Å². The number of hydrogen-bond donors (Lipinski definition) is 1. The second kappa shape index (κ2) is 8.80. The molecular weight excluding hydrogens is 436 g/mol. The average molecular weight is 459 g/mol. The van der Waals surface area contributed by atoms with Gasteiger partial charge in [0.05, 0.1) is 9.92 Å². The number of hydrogen-bond acceptors (Lipinski definition) is 5. The van der Waals surface area contributed by atoms with Crippen molar-refractivity contribution >= 4 is 33.0 Å². The van der Waals surface area contributed by atoms with Gasteiger partial charge < -0.3 is 9.88 Å². The molecule has 0 atom stereocenters. The number of benzene rings is 2. The number of sulfone groups is 1. The minimum Gasteiger partial charge on any atom is -0.322 e. The minimum absolute atomic E-state index is 0.0690. The maximum Gasteiger partial charge on any atom is 0.255 e.